The van der Waals surface area contributed by atoms with Crippen LogP contribution in [0.2, 0.25) is 0 Å². The first kappa shape index (κ1) is 18.6. The highest BCUT2D eigenvalue weighted by molar-refractivity contribution is 7.90. The normalized spacial score (nSPS) is 12.4. The zero-order valence-corrected chi connectivity index (χ0v) is 14.6. The molecule has 25 heavy (non-hydrogen) atoms. The number of hydrogen-bond donors (Lipinski definition) is 1. The Kier molecular flexibility index (Phi) is 5.53. The van der Waals surface area contributed by atoms with E-state index in [1.54, 1.807) is 12.1 Å². The van der Waals surface area contributed by atoms with E-state index in [1.165, 1.54) is 36.4 Å². The number of carbonyl (C=O) groups is 1. The Morgan fingerprint density at radius 2 is 1.68 bits per heavy atom. The van der Waals surface area contributed by atoms with Gasteiger partial charge in [-0.25, -0.2) is 8.42 Å². The Labute approximate surface area is 145 Å². The molecule has 0 saturated heterocycles. The van der Waals surface area contributed by atoms with Crippen molar-refractivity contribution < 1.29 is 18.1 Å². The number of sulfone groups is 1. The standard InChI is InChI=1S/C17H18N2O5S/c1-3-16(12-6-10-15(11-7-12)25(2,23)24)18-17(20)13-4-8-14(9-5-13)19(21)22/h4-11,16H,3H2,1-2H3,(H,18,20)/t16-/m0/s1. The van der Waals surface area contributed by atoms with Crippen molar-refractivity contribution in [1.82, 2.24) is 5.32 Å². The third kappa shape index (κ3) is 4.63. The first-order chi connectivity index (χ1) is 11.7. The third-order valence-electron chi connectivity index (χ3n) is 3.76. The van der Waals surface area contributed by atoms with Crippen molar-refractivity contribution in [2.45, 2.75) is 24.3 Å². The fourth-order valence-electron chi connectivity index (χ4n) is 2.34. The van der Waals surface area contributed by atoms with E-state index in [9.17, 15) is 23.3 Å². The highest BCUT2D eigenvalue weighted by atomic mass is 32.2. The minimum absolute atomic E-state index is 0.0834. The second kappa shape index (κ2) is 7.43. The summed E-state index contributed by atoms with van der Waals surface area (Å²) in [7, 11) is -3.27. The Balaban J connectivity index is 2.15. The minimum Gasteiger partial charge on any atom is -0.345 e. The molecule has 132 valence electrons. The number of hydrogen-bond acceptors (Lipinski definition) is 5. The third-order valence-corrected chi connectivity index (χ3v) is 4.89. The molecule has 1 atom stereocenters. The summed E-state index contributed by atoms with van der Waals surface area (Å²) in [5.41, 5.74) is 1.02. The van der Waals surface area contributed by atoms with Crippen molar-refractivity contribution in [2.75, 3.05) is 6.26 Å². The lowest BCUT2D eigenvalue weighted by atomic mass is 10.0. The second-order valence-corrected chi connectivity index (χ2v) is 7.60. The molecule has 0 saturated carbocycles. The smallest absolute Gasteiger partial charge is 0.269 e. The van der Waals surface area contributed by atoms with Crippen molar-refractivity contribution >= 4 is 21.4 Å². The summed E-state index contributed by atoms with van der Waals surface area (Å²) in [4.78, 5) is 22.7. The average molecular weight is 362 g/mol. The van der Waals surface area contributed by atoms with Gasteiger partial charge in [-0.05, 0) is 36.2 Å². The molecule has 0 aliphatic rings. The largest absolute Gasteiger partial charge is 0.345 e. The number of nitro benzene ring substituents is 1. The quantitative estimate of drug-likeness (QED) is 0.628. The van der Waals surface area contributed by atoms with Crippen molar-refractivity contribution in [2.24, 2.45) is 0 Å². The fraction of sp³-hybridized carbons (Fsp3) is 0.235. The van der Waals surface area contributed by atoms with E-state index in [0.717, 1.165) is 11.8 Å². The van der Waals surface area contributed by atoms with Gasteiger partial charge in [0.1, 0.15) is 0 Å². The van der Waals surface area contributed by atoms with Gasteiger partial charge in [-0.15, -0.1) is 0 Å². The van der Waals surface area contributed by atoms with Crippen molar-refractivity contribution in [1.29, 1.82) is 0 Å². The van der Waals surface area contributed by atoms with Crippen LogP contribution < -0.4 is 5.32 Å². The van der Waals surface area contributed by atoms with Gasteiger partial charge in [0, 0.05) is 24.0 Å². The monoisotopic (exact) mass is 362 g/mol. The molecule has 0 unspecified atom stereocenters. The van der Waals surface area contributed by atoms with Crippen LogP contribution in [0.3, 0.4) is 0 Å². The molecule has 1 N–H and O–H groups in total. The lowest BCUT2D eigenvalue weighted by Crippen LogP contribution is -2.28. The number of nitro groups is 1. The van der Waals surface area contributed by atoms with Crippen LogP contribution in [0.15, 0.2) is 53.4 Å². The highest BCUT2D eigenvalue weighted by Gasteiger charge is 2.16. The molecular weight excluding hydrogens is 344 g/mol. The summed E-state index contributed by atoms with van der Waals surface area (Å²) in [6.07, 6.45) is 1.74. The molecule has 2 aromatic rings. The molecule has 0 bridgehead atoms. The molecule has 2 rings (SSSR count). The minimum atomic E-state index is -3.27. The lowest BCUT2D eigenvalue weighted by Gasteiger charge is -2.18. The predicted molar refractivity (Wildman–Crippen MR) is 93.1 cm³/mol. The van der Waals surface area contributed by atoms with Crippen LogP contribution in [0.1, 0.15) is 35.3 Å². The Morgan fingerprint density at radius 1 is 1.12 bits per heavy atom. The van der Waals surface area contributed by atoms with Gasteiger partial charge < -0.3 is 5.32 Å². The summed E-state index contributed by atoms with van der Waals surface area (Å²) >= 11 is 0. The maximum absolute atomic E-state index is 12.3. The SMILES string of the molecule is CC[C@H](NC(=O)c1ccc([N+](=O)[O-])cc1)c1ccc(S(C)(=O)=O)cc1. The van der Waals surface area contributed by atoms with Crippen LogP contribution in [0, 0.1) is 10.1 Å². The van der Waals surface area contributed by atoms with Crippen LogP contribution in [0.25, 0.3) is 0 Å². The molecule has 0 fully saturated rings. The number of nitrogens with one attached hydrogen (secondary N) is 1. The van der Waals surface area contributed by atoms with Crippen LogP contribution in [0.4, 0.5) is 5.69 Å². The van der Waals surface area contributed by atoms with Crippen molar-refractivity contribution in [3.63, 3.8) is 0 Å². The highest BCUT2D eigenvalue weighted by Crippen LogP contribution is 2.20. The summed E-state index contributed by atoms with van der Waals surface area (Å²) < 4.78 is 23.0. The summed E-state index contributed by atoms with van der Waals surface area (Å²) in [5.74, 6) is -0.353. The molecule has 0 spiro atoms. The number of rotatable bonds is 6. The van der Waals surface area contributed by atoms with Gasteiger partial charge in [0.05, 0.1) is 15.9 Å². The van der Waals surface area contributed by atoms with Crippen LogP contribution in [0.5, 0.6) is 0 Å². The molecule has 8 heteroatoms. The van der Waals surface area contributed by atoms with Crippen LogP contribution in [-0.2, 0) is 9.84 Å². The van der Waals surface area contributed by atoms with Crippen molar-refractivity contribution in [3.05, 3.63) is 69.8 Å². The molecule has 0 aliphatic carbocycles. The van der Waals surface area contributed by atoms with Crippen LogP contribution in [-0.4, -0.2) is 25.5 Å². The number of amides is 1. The Bertz CT molecular complexity index is 874. The van der Waals surface area contributed by atoms with Gasteiger partial charge in [0.25, 0.3) is 11.6 Å². The maximum atomic E-state index is 12.3. The van der Waals surface area contributed by atoms with Gasteiger partial charge >= 0.3 is 0 Å². The molecular formula is C17H18N2O5S. The second-order valence-electron chi connectivity index (χ2n) is 5.58. The van der Waals surface area contributed by atoms with E-state index in [-0.39, 0.29) is 22.5 Å². The molecule has 0 aromatic heterocycles. The number of non-ortho nitro benzene ring substituents is 1. The van der Waals surface area contributed by atoms with E-state index in [1.807, 2.05) is 6.92 Å². The average Bonchev–Trinajstić information content (AvgIpc) is 2.59. The summed E-state index contributed by atoms with van der Waals surface area (Å²) in [6, 6.07) is 11.4. The van der Waals surface area contributed by atoms with E-state index in [2.05, 4.69) is 5.32 Å². The number of nitrogens with zero attached hydrogens (tertiary/aromatic N) is 1. The maximum Gasteiger partial charge on any atom is 0.269 e. The zero-order chi connectivity index (χ0) is 18.6. The van der Waals surface area contributed by atoms with Crippen molar-refractivity contribution in [3.8, 4) is 0 Å². The topological polar surface area (TPSA) is 106 Å². The zero-order valence-electron chi connectivity index (χ0n) is 13.8. The Hall–Kier alpha value is -2.74. The summed E-state index contributed by atoms with van der Waals surface area (Å²) in [5, 5.41) is 13.5. The van der Waals surface area contributed by atoms with Gasteiger partial charge in [-0.3, -0.25) is 14.9 Å². The molecule has 2 aromatic carbocycles. The fourth-order valence-corrected chi connectivity index (χ4v) is 2.97. The molecule has 0 aliphatic heterocycles. The predicted octanol–water partition coefficient (Wildman–Crippen LogP) is 2.88. The van der Waals surface area contributed by atoms with Gasteiger partial charge in [-0.2, -0.15) is 0 Å². The lowest BCUT2D eigenvalue weighted by molar-refractivity contribution is -0.384. The first-order valence-electron chi connectivity index (χ1n) is 7.57. The van der Waals surface area contributed by atoms with E-state index >= 15 is 0 Å². The summed E-state index contributed by atoms with van der Waals surface area (Å²) in [6.45, 7) is 1.89. The molecule has 0 radical (unpaired) electrons. The van der Waals surface area contributed by atoms with E-state index < -0.39 is 14.8 Å². The molecule has 0 heterocycles. The van der Waals surface area contributed by atoms with Gasteiger partial charge in [-0.1, -0.05) is 19.1 Å². The molecule has 1 amide bonds. The van der Waals surface area contributed by atoms with Gasteiger partial charge in [0.15, 0.2) is 9.84 Å². The van der Waals surface area contributed by atoms with Crippen LogP contribution >= 0.6 is 0 Å². The number of carbonyl (C=O) groups excluding carboxylic acids is 1. The van der Waals surface area contributed by atoms with Gasteiger partial charge in [0.2, 0.25) is 0 Å². The Morgan fingerprint density at radius 3 is 2.12 bits per heavy atom. The number of benzene rings is 2. The molecule has 7 nitrogen and oxygen atoms in total. The first-order valence-corrected chi connectivity index (χ1v) is 9.47. The van der Waals surface area contributed by atoms with E-state index in [4.69, 9.17) is 0 Å². The van der Waals surface area contributed by atoms with E-state index in [0.29, 0.717) is 12.0 Å².